The zero-order valence-corrected chi connectivity index (χ0v) is 15.2. The zero-order valence-electron chi connectivity index (χ0n) is 15.2. The second-order valence-electron chi connectivity index (χ2n) is 6.09. The van der Waals surface area contributed by atoms with E-state index in [-0.39, 0.29) is 12.1 Å². The van der Waals surface area contributed by atoms with Gasteiger partial charge in [-0.25, -0.2) is 0 Å². The normalized spacial score (nSPS) is 10.9. The van der Waals surface area contributed by atoms with E-state index in [9.17, 15) is 22.8 Å². The Kier molecular flexibility index (Phi) is 7.67. The van der Waals surface area contributed by atoms with Gasteiger partial charge >= 0.3 is 6.36 Å². The van der Waals surface area contributed by atoms with E-state index in [1.807, 2.05) is 0 Å². The summed E-state index contributed by atoms with van der Waals surface area (Å²) in [5.74, 6) is -0.906. The summed E-state index contributed by atoms with van der Waals surface area (Å²) in [5, 5.41) is 5.98. The molecule has 1 heterocycles. The SMILES string of the molecule is [N-]=[N+]=NCCCCc1cc(NC(=O)Cc2cccc(OC(F)(F)F)c2)cc(=O)[nH]1. The maximum atomic E-state index is 12.3. The van der Waals surface area contributed by atoms with Gasteiger partial charge in [-0.1, -0.05) is 17.2 Å². The molecular formula is C18H18F3N5O3. The molecule has 0 bridgehead atoms. The Balaban J connectivity index is 1.97. The number of carbonyl (C=O) groups excluding carboxylic acids is 1. The predicted molar refractivity (Wildman–Crippen MR) is 99.5 cm³/mol. The highest BCUT2D eigenvalue weighted by Crippen LogP contribution is 2.23. The highest BCUT2D eigenvalue weighted by molar-refractivity contribution is 5.92. The number of aromatic amines is 1. The number of carbonyl (C=O) groups is 1. The van der Waals surface area contributed by atoms with Gasteiger partial charge in [-0.3, -0.25) is 9.59 Å². The number of pyridine rings is 1. The molecule has 1 aromatic heterocycles. The van der Waals surface area contributed by atoms with Gasteiger partial charge in [0.2, 0.25) is 11.5 Å². The maximum Gasteiger partial charge on any atom is 0.573 e. The number of aryl methyl sites for hydroxylation is 1. The molecule has 2 N–H and O–H groups in total. The first kappa shape index (κ1) is 21.8. The summed E-state index contributed by atoms with van der Waals surface area (Å²) in [6, 6.07) is 7.93. The van der Waals surface area contributed by atoms with Crippen LogP contribution in [0.5, 0.6) is 5.75 Å². The van der Waals surface area contributed by atoms with Crippen LogP contribution >= 0.6 is 0 Å². The Hall–Kier alpha value is -3.46. The van der Waals surface area contributed by atoms with Gasteiger partial charge in [0, 0.05) is 28.9 Å². The van der Waals surface area contributed by atoms with Gasteiger partial charge in [0.25, 0.3) is 0 Å². The molecule has 0 saturated carbocycles. The number of nitrogens with one attached hydrogen (secondary N) is 2. The molecule has 0 fully saturated rings. The second kappa shape index (κ2) is 10.2. The average molecular weight is 409 g/mol. The summed E-state index contributed by atoms with van der Waals surface area (Å²) < 4.78 is 40.7. The first-order chi connectivity index (χ1) is 13.7. The smallest absolute Gasteiger partial charge is 0.406 e. The summed E-state index contributed by atoms with van der Waals surface area (Å²) in [6.45, 7) is 0.355. The highest BCUT2D eigenvalue weighted by atomic mass is 19.4. The van der Waals surface area contributed by atoms with Crippen molar-refractivity contribution < 1.29 is 22.7 Å². The van der Waals surface area contributed by atoms with Crippen LogP contribution in [0.1, 0.15) is 24.1 Å². The lowest BCUT2D eigenvalue weighted by Gasteiger charge is -2.10. The molecular weight excluding hydrogens is 391 g/mol. The third-order valence-electron chi connectivity index (χ3n) is 3.70. The van der Waals surface area contributed by atoms with Gasteiger partial charge in [0.05, 0.1) is 6.42 Å². The molecule has 0 atom stereocenters. The number of amides is 1. The van der Waals surface area contributed by atoms with Crippen molar-refractivity contribution in [2.45, 2.75) is 32.0 Å². The Morgan fingerprint density at radius 2 is 2.03 bits per heavy atom. The third kappa shape index (κ3) is 8.39. The van der Waals surface area contributed by atoms with Gasteiger partial charge in [-0.2, -0.15) is 0 Å². The molecule has 1 aromatic carbocycles. The number of alkyl halides is 3. The van der Waals surface area contributed by atoms with Gasteiger partial charge in [0.15, 0.2) is 0 Å². The number of benzene rings is 1. The van der Waals surface area contributed by atoms with E-state index in [2.05, 4.69) is 25.1 Å². The number of hydrogen-bond acceptors (Lipinski definition) is 4. The molecule has 2 rings (SSSR count). The standard InChI is InChI=1S/C18H18F3N5O3/c19-18(20,21)29-15-6-3-4-12(8-15)9-16(27)25-14-10-13(24-17(28)11-14)5-1-2-7-23-26-22/h3-4,6,8,10-11H,1-2,5,7,9H2,(H2,24,25,27,28). The number of halogens is 3. The van der Waals surface area contributed by atoms with Crippen LogP contribution < -0.4 is 15.6 Å². The summed E-state index contributed by atoms with van der Waals surface area (Å²) in [4.78, 5) is 29.3. The number of azide groups is 1. The Labute approximate surface area is 163 Å². The number of hydrogen-bond donors (Lipinski definition) is 2. The van der Waals surface area contributed by atoms with Crippen LogP contribution in [0.15, 0.2) is 46.3 Å². The number of ether oxygens (including phenoxy) is 1. The molecule has 0 spiro atoms. The van der Waals surface area contributed by atoms with Crippen molar-refractivity contribution in [2.75, 3.05) is 11.9 Å². The van der Waals surface area contributed by atoms with E-state index in [1.165, 1.54) is 18.2 Å². The topological polar surface area (TPSA) is 120 Å². The molecule has 154 valence electrons. The number of nitrogens with zero attached hydrogens (tertiary/aromatic N) is 3. The lowest BCUT2D eigenvalue weighted by atomic mass is 10.1. The van der Waals surface area contributed by atoms with E-state index in [4.69, 9.17) is 5.53 Å². The van der Waals surface area contributed by atoms with Crippen molar-refractivity contribution in [1.29, 1.82) is 0 Å². The van der Waals surface area contributed by atoms with Crippen LogP contribution in [-0.4, -0.2) is 23.8 Å². The lowest BCUT2D eigenvalue weighted by molar-refractivity contribution is -0.274. The minimum Gasteiger partial charge on any atom is -0.406 e. The zero-order chi connectivity index (χ0) is 21.3. The summed E-state index contributed by atoms with van der Waals surface area (Å²) in [7, 11) is 0. The van der Waals surface area contributed by atoms with Gasteiger partial charge in [-0.05, 0) is 48.6 Å². The summed E-state index contributed by atoms with van der Waals surface area (Å²) in [5.41, 5.74) is 9.04. The quantitative estimate of drug-likeness (QED) is 0.281. The van der Waals surface area contributed by atoms with Crippen molar-refractivity contribution in [3.05, 3.63) is 68.5 Å². The molecule has 0 unspecified atom stereocenters. The van der Waals surface area contributed by atoms with Crippen molar-refractivity contribution in [3.8, 4) is 5.75 Å². The first-order valence-corrected chi connectivity index (χ1v) is 8.64. The monoisotopic (exact) mass is 409 g/mol. The van der Waals surface area contributed by atoms with Crippen LogP contribution in [0.2, 0.25) is 0 Å². The number of H-pyrrole nitrogens is 1. The van der Waals surface area contributed by atoms with E-state index < -0.39 is 23.6 Å². The minimum absolute atomic E-state index is 0.191. The molecule has 8 nitrogen and oxygen atoms in total. The van der Waals surface area contributed by atoms with E-state index in [0.29, 0.717) is 37.1 Å². The van der Waals surface area contributed by atoms with Gasteiger partial charge in [-0.15, -0.1) is 13.2 Å². The average Bonchev–Trinajstić information content (AvgIpc) is 2.59. The summed E-state index contributed by atoms with van der Waals surface area (Å²) >= 11 is 0. The van der Waals surface area contributed by atoms with E-state index in [0.717, 1.165) is 12.1 Å². The number of unbranched alkanes of at least 4 members (excludes halogenated alkanes) is 1. The maximum absolute atomic E-state index is 12.3. The Morgan fingerprint density at radius 1 is 1.24 bits per heavy atom. The van der Waals surface area contributed by atoms with E-state index in [1.54, 1.807) is 6.07 Å². The van der Waals surface area contributed by atoms with Crippen molar-refractivity contribution >= 4 is 11.6 Å². The van der Waals surface area contributed by atoms with E-state index >= 15 is 0 Å². The Morgan fingerprint density at radius 3 is 2.76 bits per heavy atom. The largest absolute Gasteiger partial charge is 0.573 e. The molecule has 0 aliphatic rings. The van der Waals surface area contributed by atoms with Crippen molar-refractivity contribution in [2.24, 2.45) is 5.11 Å². The minimum atomic E-state index is -4.82. The first-order valence-electron chi connectivity index (χ1n) is 8.64. The van der Waals surface area contributed by atoms with Crippen LogP contribution in [0.4, 0.5) is 18.9 Å². The van der Waals surface area contributed by atoms with Crippen LogP contribution in [-0.2, 0) is 17.6 Å². The molecule has 0 aliphatic heterocycles. The fourth-order valence-electron chi connectivity index (χ4n) is 2.59. The second-order valence-corrected chi connectivity index (χ2v) is 6.09. The van der Waals surface area contributed by atoms with Gasteiger partial charge < -0.3 is 15.0 Å². The molecule has 0 aliphatic carbocycles. The molecule has 0 radical (unpaired) electrons. The molecule has 0 saturated heterocycles. The predicted octanol–water partition coefficient (Wildman–Crippen LogP) is 4.09. The molecule has 11 heteroatoms. The van der Waals surface area contributed by atoms with Crippen LogP contribution in [0.25, 0.3) is 10.4 Å². The Bertz CT molecular complexity index is 952. The molecule has 1 amide bonds. The van der Waals surface area contributed by atoms with Crippen LogP contribution in [0, 0.1) is 0 Å². The number of aromatic nitrogens is 1. The number of rotatable bonds is 9. The highest BCUT2D eigenvalue weighted by Gasteiger charge is 2.31. The lowest BCUT2D eigenvalue weighted by Crippen LogP contribution is -2.18. The molecule has 2 aromatic rings. The fraction of sp³-hybridized carbons (Fsp3) is 0.333. The van der Waals surface area contributed by atoms with Crippen molar-refractivity contribution in [1.82, 2.24) is 4.98 Å². The third-order valence-corrected chi connectivity index (χ3v) is 3.70. The van der Waals surface area contributed by atoms with Crippen LogP contribution in [0.3, 0.4) is 0 Å². The van der Waals surface area contributed by atoms with Gasteiger partial charge in [0.1, 0.15) is 5.75 Å². The fourth-order valence-corrected chi connectivity index (χ4v) is 2.59. The molecule has 29 heavy (non-hydrogen) atoms. The summed E-state index contributed by atoms with van der Waals surface area (Å²) in [6.07, 6.45) is -3.15. The van der Waals surface area contributed by atoms with Crippen molar-refractivity contribution in [3.63, 3.8) is 0 Å². The number of anilines is 1.